The van der Waals surface area contributed by atoms with E-state index in [0.29, 0.717) is 6.42 Å². The van der Waals surface area contributed by atoms with Gasteiger partial charge in [0.1, 0.15) is 0 Å². The van der Waals surface area contributed by atoms with Gasteiger partial charge in [-0.3, -0.25) is 4.79 Å². The van der Waals surface area contributed by atoms with Gasteiger partial charge in [0, 0.05) is 18.8 Å². The summed E-state index contributed by atoms with van der Waals surface area (Å²) in [6.45, 7) is 7.83. The molecular formula is C16H23NO2. The molecule has 0 aliphatic carbocycles. The van der Waals surface area contributed by atoms with Gasteiger partial charge in [-0.2, -0.15) is 0 Å². The minimum absolute atomic E-state index is 0.579. The normalized spacial score (nSPS) is 15.8. The predicted octanol–water partition coefficient (Wildman–Crippen LogP) is 3.25. The van der Waals surface area contributed by atoms with E-state index in [1.165, 1.54) is 24.1 Å². The van der Waals surface area contributed by atoms with Gasteiger partial charge in [0.15, 0.2) is 0 Å². The summed E-state index contributed by atoms with van der Waals surface area (Å²) >= 11 is 0. The molecule has 0 bridgehead atoms. The van der Waals surface area contributed by atoms with Crippen LogP contribution in [0.15, 0.2) is 18.2 Å². The smallest absolute Gasteiger partial charge is 0.309 e. The molecule has 0 amide bonds. The Morgan fingerprint density at radius 3 is 2.53 bits per heavy atom. The van der Waals surface area contributed by atoms with E-state index < -0.39 is 11.4 Å². The van der Waals surface area contributed by atoms with E-state index >= 15 is 0 Å². The first kappa shape index (κ1) is 13.9. The number of nitrogens with zero attached hydrogens (tertiary/aromatic N) is 1. The van der Waals surface area contributed by atoms with Crippen LogP contribution in [0.25, 0.3) is 0 Å². The fourth-order valence-electron chi connectivity index (χ4n) is 2.67. The minimum atomic E-state index is -0.735. The molecule has 1 N–H and O–H groups in total. The van der Waals surface area contributed by atoms with Gasteiger partial charge in [0.2, 0.25) is 0 Å². The maximum Gasteiger partial charge on any atom is 0.309 e. The number of benzene rings is 1. The molecular weight excluding hydrogens is 238 g/mol. The number of aliphatic carboxylic acids is 1. The molecule has 0 unspecified atom stereocenters. The van der Waals surface area contributed by atoms with Crippen LogP contribution >= 0.6 is 0 Å². The van der Waals surface area contributed by atoms with Crippen LogP contribution in [-0.2, 0) is 11.2 Å². The number of hydrogen-bond donors (Lipinski definition) is 1. The number of rotatable bonds is 4. The number of aryl methyl sites for hydroxylation is 1. The Morgan fingerprint density at radius 1 is 1.32 bits per heavy atom. The van der Waals surface area contributed by atoms with Crippen molar-refractivity contribution >= 4 is 11.7 Å². The monoisotopic (exact) mass is 261 g/mol. The van der Waals surface area contributed by atoms with Gasteiger partial charge in [-0.05, 0) is 51.7 Å². The molecule has 1 heterocycles. The van der Waals surface area contributed by atoms with Gasteiger partial charge in [0.05, 0.1) is 5.41 Å². The van der Waals surface area contributed by atoms with E-state index in [2.05, 4.69) is 30.0 Å². The largest absolute Gasteiger partial charge is 0.481 e. The van der Waals surface area contributed by atoms with Crippen molar-refractivity contribution in [3.05, 3.63) is 29.3 Å². The van der Waals surface area contributed by atoms with E-state index in [0.717, 1.165) is 18.7 Å². The molecule has 0 spiro atoms. The molecule has 1 saturated heterocycles. The molecule has 0 saturated carbocycles. The van der Waals surface area contributed by atoms with Gasteiger partial charge in [-0.1, -0.05) is 17.7 Å². The SMILES string of the molecule is Cc1ccc(N2CCCC2)c(CC(C)(C)C(=O)O)c1. The van der Waals surface area contributed by atoms with Crippen LogP contribution in [0.4, 0.5) is 5.69 Å². The lowest BCUT2D eigenvalue weighted by Crippen LogP contribution is -2.28. The number of carbonyl (C=O) groups is 1. The average Bonchev–Trinajstić information content (AvgIpc) is 2.81. The topological polar surface area (TPSA) is 40.5 Å². The lowest BCUT2D eigenvalue weighted by atomic mass is 9.85. The molecule has 1 aliphatic heterocycles. The molecule has 1 aliphatic rings. The Morgan fingerprint density at radius 2 is 1.95 bits per heavy atom. The number of carboxylic acids is 1. The van der Waals surface area contributed by atoms with E-state index in [9.17, 15) is 9.90 Å². The quantitative estimate of drug-likeness (QED) is 0.904. The van der Waals surface area contributed by atoms with Crippen LogP contribution in [0.3, 0.4) is 0 Å². The maximum absolute atomic E-state index is 11.3. The van der Waals surface area contributed by atoms with Crippen molar-refractivity contribution in [3.63, 3.8) is 0 Å². The summed E-state index contributed by atoms with van der Waals surface area (Å²) in [5.74, 6) is -0.735. The summed E-state index contributed by atoms with van der Waals surface area (Å²) in [5.41, 5.74) is 2.85. The second kappa shape index (κ2) is 5.24. The zero-order valence-electron chi connectivity index (χ0n) is 12.1. The highest BCUT2D eigenvalue weighted by molar-refractivity contribution is 5.74. The third-order valence-electron chi connectivity index (χ3n) is 3.89. The van der Waals surface area contributed by atoms with Gasteiger partial charge in [-0.25, -0.2) is 0 Å². The van der Waals surface area contributed by atoms with Crippen molar-refractivity contribution in [2.75, 3.05) is 18.0 Å². The van der Waals surface area contributed by atoms with Crippen LogP contribution in [0.5, 0.6) is 0 Å². The van der Waals surface area contributed by atoms with Gasteiger partial charge in [-0.15, -0.1) is 0 Å². The molecule has 19 heavy (non-hydrogen) atoms. The molecule has 1 aromatic rings. The lowest BCUT2D eigenvalue weighted by Gasteiger charge is -2.26. The first-order valence-electron chi connectivity index (χ1n) is 6.98. The van der Waals surface area contributed by atoms with Crippen LogP contribution < -0.4 is 4.90 Å². The standard InChI is InChI=1S/C16H23NO2/c1-12-6-7-14(17-8-4-5-9-17)13(10-12)11-16(2,3)15(18)19/h6-7,10H,4-5,8-9,11H2,1-3H3,(H,18,19). The molecule has 104 valence electrons. The van der Waals surface area contributed by atoms with E-state index in [-0.39, 0.29) is 0 Å². The van der Waals surface area contributed by atoms with Crippen molar-refractivity contribution in [3.8, 4) is 0 Å². The summed E-state index contributed by atoms with van der Waals surface area (Å²) in [6.07, 6.45) is 3.04. The van der Waals surface area contributed by atoms with Gasteiger partial charge < -0.3 is 10.0 Å². The number of carboxylic acid groups (broad SMARTS) is 1. The molecule has 3 heteroatoms. The van der Waals surface area contributed by atoms with E-state index in [4.69, 9.17) is 0 Å². The van der Waals surface area contributed by atoms with Crippen molar-refractivity contribution < 1.29 is 9.90 Å². The molecule has 3 nitrogen and oxygen atoms in total. The zero-order valence-corrected chi connectivity index (χ0v) is 12.1. The Hall–Kier alpha value is -1.51. The number of hydrogen-bond acceptors (Lipinski definition) is 2. The molecule has 0 radical (unpaired) electrons. The Labute approximate surface area is 115 Å². The minimum Gasteiger partial charge on any atom is -0.481 e. The van der Waals surface area contributed by atoms with Crippen LogP contribution in [0, 0.1) is 12.3 Å². The van der Waals surface area contributed by atoms with Gasteiger partial charge >= 0.3 is 5.97 Å². The van der Waals surface area contributed by atoms with Crippen molar-refractivity contribution in [2.45, 2.75) is 40.0 Å². The molecule has 2 rings (SSSR count). The molecule has 0 aromatic heterocycles. The van der Waals surface area contributed by atoms with Crippen molar-refractivity contribution in [2.24, 2.45) is 5.41 Å². The molecule has 1 fully saturated rings. The Kier molecular flexibility index (Phi) is 3.83. The van der Waals surface area contributed by atoms with E-state index in [1.807, 2.05) is 0 Å². The highest BCUT2D eigenvalue weighted by atomic mass is 16.4. The summed E-state index contributed by atoms with van der Waals surface area (Å²) in [6, 6.07) is 6.40. The Bertz CT molecular complexity index is 474. The second-order valence-electron chi connectivity index (χ2n) is 6.19. The third kappa shape index (κ3) is 3.09. The molecule has 1 aromatic carbocycles. The van der Waals surface area contributed by atoms with Crippen LogP contribution in [0.1, 0.15) is 37.8 Å². The van der Waals surface area contributed by atoms with Crippen molar-refractivity contribution in [1.82, 2.24) is 0 Å². The van der Waals surface area contributed by atoms with E-state index in [1.54, 1.807) is 13.8 Å². The second-order valence-corrected chi connectivity index (χ2v) is 6.19. The van der Waals surface area contributed by atoms with Crippen LogP contribution in [0.2, 0.25) is 0 Å². The lowest BCUT2D eigenvalue weighted by molar-refractivity contribution is -0.146. The predicted molar refractivity (Wildman–Crippen MR) is 77.7 cm³/mol. The first-order chi connectivity index (χ1) is 8.90. The zero-order chi connectivity index (χ0) is 14.0. The summed E-state index contributed by atoms with van der Waals surface area (Å²) in [4.78, 5) is 13.7. The highest BCUT2D eigenvalue weighted by Gasteiger charge is 2.29. The fourth-order valence-corrected chi connectivity index (χ4v) is 2.67. The molecule has 0 atom stereocenters. The first-order valence-corrected chi connectivity index (χ1v) is 6.98. The third-order valence-corrected chi connectivity index (χ3v) is 3.89. The number of anilines is 1. The summed E-state index contributed by atoms with van der Waals surface area (Å²) in [7, 11) is 0. The summed E-state index contributed by atoms with van der Waals surface area (Å²) in [5, 5.41) is 9.31. The summed E-state index contributed by atoms with van der Waals surface area (Å²) < 4.78 is 0. The average molecular weight is 261 g/mol. The van der Waals surface area contributed by atoms with Gasteiger partial charge in [0.25, 0.3) is 0 Å². The Balaban J connectivity index is 2.32. The highest BCUT2D eigenvalue weighted by Crippen LogP contribution is 2.31. The van der Waals surface area contributed by atoms with Crippen LogP contribution in [-0.4, -0.2) is 24.2 Å². The maximum atomic E-state index is 11.3. The fraction of sp³-hybridized carbons (Fsp3) is 0.562. The van der Waals surface area contributed by atoms with Crippen molar-refractivity contribution in [1.29, 1.82) is 0 Å².